The molecule has 2 aromatic rings. The summed E-state index contributed by atoms with van der Waals surface area (Å²) in [6.45, 7) is 3.36. The third kappa shape index (κ3) is 3.16. The lowest BCUT2D eigenvalue weighted by atomic mass is 9.96. The van der Waals surface area contributed by atoms with Gasteiger partial charge in [-0.1, -0.05) is 25.5 Å². The summed E-state index contributed by atoms with van der Waals surface area (Å²) in [6, 6.07) is 7.18. The lowest BCUT2D eigenvalue weighted by Crippen LogP contribution is -2.52. The number of rotatable bonds is 5. The molecule has 0 fully saturated rings. The number of carboxylic acid groups (broad SMARTS) is 1. The molecule has 0 aliphatic heterocycles. The van der Waals surface area contributed by atoms with E-state index < -0.39 is 17.4 Å². The maximum Gasteiger partial charge on any atom is 0.329 e. The van der Waals surface area contributed by atoms with E-state index in [4.69, 9.17) is 0 Å². The van der Waals surface area contributed by atoms with E-state index in [-0.39, 0.29) is 5.69 Å². The van der Waals surface area contributed by atoms with Crippen LogP contribution < -0.4 is 5.32 Å². The van der Waals surface area contributed by atoms with Gasteiger partial charge in [-0.05, 0) is 25.5 Å². The molecule has 0 radical (unpaired) electrons. The smallest absolute Gasteiger partial charge is 0.329 e. The lowest BCUT2D eigenvalue weighted by Gasteiger charge is -2.25. The van der Waals surface area contributed by atoms with Gasteiger partial charge in [0.1, 0.15) is 11.2 Å². The van der Waals surface area contributed by atoms with Crippen LogP contribution in [-0.4, -0.2) is 32.5 Å². The van der Waals surface area contributed by atoms with Gasteiger partial charge in [-0.3, -0.25) is 9.78 Å². The number of carbonyl (C=O) groups excluding carboxylic acids is 1. The number of aliphatic carboxylic acids is 1. The highest BCUT2D eigenvalue weighted by molar-refractivity contribution is 5.97. The number of fused-ring (bicyclic) bond motifs is 1. The molecule has 2 rings (SSSR count). The Kier molecular flexibility index (Phi) is 4.16. The molecule has 1 aromatic heterocycles. The summed E-state index contributed by atoms with van der Waals surface area (Å²) in [6.07, 6.45) is 2.34. The molecule has 0 spiro atoms. The van der Waals surface area contributed by atoms with Crippen molar-refractivity contribution in [2.45, 2.75) is 32.2 Å². The summed E-state index contributed by atoms with van der Waals surface area (Å²) >= 11 is 0. The number of hydrogen-bond acceptors (Lipinski definition) is 4. The molecule has 0 aliphatic carbocycles. The lowest BCUT2D eigenvalue weighted by molar-refractivity contribution is -0.144. The molecule has 1 atom stereocenters. The minimum Gasteiger partial charge on any atom is -0.480 e. The van der Waals surface area contributed by atoms with Crippen LogP contribution in [0.15, 0.2) is 30.5 Å². The Morgan fingerprint density at radius 3 is 2.57 bits per heavy atom. The zero-order chi connectivity index (χ0) is 15.5. The van der Waals surface area contributed by atoms with Crippen molar-refractivity contribution in [1.82, 2.24) is 15.3 Å². The highest BCUT2D eigenvalue weighted by atomic mass is 16.4. The van der Waals surface area contributed by atoms with Crippen LogP contribution in [0.1, 0.15) is 37.2 Å². The van der Waals surface area contributed by atoms with Gasteiger partial charge < -0.3 is 10.4 Å². The number of hydrogen-bond donors (Lipinski definition) is 2. The number of carboxylic acids is 1. The van der Waals surface area contributed by atoms with Crippen molar-refractivity contribution < 1.29 is 14.7 Å². The predicted octanol–water partition coefficient (Wildman–Crippen LogP) is 2.00. The topological polar surface area (TPSA) is 92.2 Å². The summed E-state index contributed by atoms with van der Waals surface area (Å²) in [4.78, 5) is 31.9. The molecule has 1 amide bonds. The van der Waals surface area contributed by atoms with Crippen LogP contribution in [0.25, 0.3) is 11.0 Å². The first-order valence-corrected chi connectivity index (χ1v) is 6.74. The standard InChI is InChI=1S/C15H17N3O3/c1-3-8-15(2,14(20)21)18-13(19)12-9-16-10-6-4-5-7-11(10)17-12/h4-7,9H,3,8H2,1-2H3,(H,18,19)(H,20,21). The number of benzene rings is 1. The van der Waals surface area contributed by atoms with Crippen molar-refractivity contribution in [2.24, 2.45) is 0 Å². The van der Waals surface area contributed by atoms with E-state index in [9.17, 15) is 14.7 Å². The fourth-order valence-electron chi connectivity index (χ4n) is 2.10. The predicted molar refractivity (Wildman–Crippen MR) is 78.0 cm³/mol. The van der Waals surface area contributed by atoms with E-state index in [0.29, 0.717) is 23.9 Å². The zero-order valence-corrected chi connectivity index (χ0v) is 12.0. The average molecular weight is 287 g/mol. The second kappa shape index (κ2) is 5.87. The number of para-hydroxylation sites is 2. The molecular weight excluding hydrogens is 270 g/mol. The van der Waals surface area contributed by atoms with Gasteiger partial charge in [-0.15, -0.1) is 0 Å². The highest BCUT2D eigenvalue weighted by Gasteiger charge is 2.34. The van der Waals surface area contributed by atoms with Gasteiger partial charge >= 0.3 is 5.97 Å². The van der Waals surface area contributed by atoms with E-state index >= 15 is 0 Å². The van der Waals surface area contributed by atoms with E-state index in [1.54, 1.807) is 18.2 Å². The Balaban J connectivity index is 2.27. The Hall–Kier alpha value is -2.50. The van der Waals surface area contributed by atoms with Crippen LogP contribution in [-0.2, 0) is 4.79 Å². The first kappa shape index (κ1) is 14.9. The van der Waals surface area contributed by atoms with Crippen LogP contribution >= 0.6 is 0 Å². The third-order valence-corrected chi connectivity index (χ3v) is 3.29. The van der Waals surface area contributed by atoms with Gasteiger partial charge in [0.25, 0.3) is 5.91 Å². The minimum absolute atomic E-state index is 0.109. The van der Waals surface area contributed by atoms with Crippen LogP contribution in [0.5, 0.6) is 0 Å². The van der Waals surface area contributed by atoms with Crippen molar-refractivity contribution in [1.29, 1.82) is 0 Å². The van der Waals surface area contributed by atoms with Gasteiger partial charge in [0.15, 0.2) is 0 Å². The third-order valence-electron chi connectivity index (χ3n) is 3.29. The molecule has 0 saturated carbocycles. The molecule has 1 aromatic carbocycles. The Labute approximate surface area is 122 Å². The molecule has 21 heavy (non-hydrogen) atoms. The zero-order valence-electron chi connectivity index (χ0n) is 12.0. The van der Waals surface area contributed by atoms with E-state index in [2.05, 4.69) is 15.3 Å². The number of aromatic nitrogens is 2. The second-order valence-electron chi connectivity index (χ2n) is 5.09. The monoisotopic (exact) mass is 287 g/mol. The van der Waals surface area contributed by atoms with Gasteiger partial charge in [-0.2, -0.15) is 0 Å². The minimum atomic E-state index is -1.31. The SMILES string of the molecule is CCCC(C)(NC(=O)c1cnc2ccccc2n1)C(=O)O. The molecule has 6 heteroatoms. The number of amides is 1. The van der Waals surface area contributed by atoms with Crippen LogP contribution in [0.4, 0.5) is 0 Å². The van der Waals surface area contributed by atoms with Gasteiger partial charge in [-0.25, -0.2) is 9.78 Å². The largest absolute Gasteiger partial charge is 0.480 e. The van der Waals surface area contributed by atoms with Gasteiger partial charge in [0.05, 0.1) is 17.2 Å². The summed E-state index contributed by atoms with van der Waals surface area (Å²) in [5.41, 5.74) is 0.0812. The molecule has 110 valence electrons. The van der Waals surface area contributed by atoms with E-state index in [0.717, 1.165) is 0 Å². The Morgan fingerprint density at radius 2 is 1.95 bits per heavy atom. The molecule has 6 nitrogen and oxygen atoms in total. The van der Waals surface area contributed by atoms with E-state index in [1.807, 2.05) is 13.0 Å². The molecule has 1 heterocycles. The number of carbonyl (C=O) groups is 2. The molecule has 2 N–H and O–H groups in total. The summed E-state index contributed by atoms with van der Waals surface area (Å²) in [5, 5.41) is 11.8. The van der Waals surface area contributed by atoms with Crippen molar-refractivity contribution in [3.05, 3.63) is 36.2 Å². The van der Waals surface area contributed by atoms with Crippen molar-refractivity contribution in [2.75, 3.05) is 0 Å². The fraction of sp³-hybridized carbons (Fsp3) is 0.333. The van der Waals surface area contributed by atoms with Crippen molar-refractivity contribution >= 4 is 22.9 Å². The number of nitrogens with zero attached hydrogens (tertiary/aromatic N) is 2. The molecule has 0 bridgehead atoms. The quantitative estimate of drug-likeness (QED) is 0.877. The molecule has 0 saturated heterocycles. The second-order valence-corrected chi connectivity index (χ2v) is 5.09. The van der Waals surface area contributed by atoms with Crippen LogP contribution in [0, 0.1) is 0 Å². The summed E-state index contributed by atoms with van der Waals surface area (Å²) < 4.78 is 0. The average Bonchev–Trinajstić information content (AvgIpc) is 2.46. The van der Waals surface area contributed by atoms with Crippen molar-refractivity contribution in [3.63, 3.8) is 0 Å². The summed E-state index contributed by atoms with van der Waals surface area (Å²) in [7, 11) is 0. The Morgan fingerprint density at radius 1 is 1.29 bits per heavy atom. The normalized spacial score (nSPS) is 13.6. The molecule has 1 unspecified atom stereocenters. The molecule has 0 aliphatic rings. The first-order valence-electron chi connectivity index (χ1n) is 6.74. The number of nitrogens with one attached hydrogen (secondary N) is 1. The maximum atomic E-state index is 12.2. The van der Waals surface area contributed by atoms with E-state index in [1.165, 1.54) is 13.1 Å². The van der Waals surface area contributed by atoms with Crippen molar-refractivity contribution in [3.8, 4) is 0 Å². The van der Waals surface area contributed by atoms with Crippen LogP contribution in [0.2, 0.25) is 0 Å². The highest BCUT2D eigenvalue weighted by Crippen LogP contribution is 2.14. The van der Waals surface area contributed by atoms with Gasteiger partial charge in [0.2, 0.25) is 0 Å². The summed E-state index contributed by atoms with van der Waals surface area (Å²) in [5.74, 6) is -1.60. The fourth-order valence-corrected chi connectivity index (χ4v) is 2.10. The first-order chi connectivity index (χ1) is 9.96. The maximum absolute atomic E-state index is 12.2. The van der Waals surface area contributed by atoms with Gasteiger partial charge in [0, 0.05) is 0 Å². The van der Waals surface area contributed by atoms with Crippen LogP contribution in [0.3, 0.4) is 0 Å². The molecular formula is C15H17N3O3. The Bertz CT molecular complexity index is 687.